The van der Waals surface area contributed by atoms with Gasteiger partial charge in [0.25, 0.3) is 0 Å². The molecule has 0 fully saturated rings. The molecule has 0 saturated heterocycles. The molecule has 0 aromatic carbocycles. The normalized spacial score (nSPS) is 8.40. The van der Waals surface area contributed by atoms with Crippen LogP contribution in [0.1, 0.15) is 5.76 Å². The highest BCUT2D eigenvalue weighted by molar-refractivity contribution is 6.32. The van der Waals surface area contributed by atoms with Crippen LogP contribution in [0, 0.1) is 0 Å². The van der Waals surface area contributed by atoms with Crippen molar-refractivity contribution in [1.82, 2.24) is 0 Å². The average molecular weight is 136 g/mol. The van der Waals surface area contributed by atoms with Crippen molar-refractivity contribution in [1.29, 1.82) is 0 Å². The zero-order valence-electron chi connectivity index (χ0n) is 5.02. The van der Waals surface area contributed by atoms with Crippen LogP contribution >= 0.6 is 0 Å². The van der Waals surface area contributed by atoms with Crippen LogP contribution in [0.2, 0.25) is 0 Å². The Kier molecular flexibility index (Phi) is 1.78. The number of carbonyl (C=O) groups excluding carboxylic acids is 1. The molecule has 1 aromatic heterocycles. The van der Waals surface area contributed by atoms with Crippen LogP contribution in [0.5, 0.6) is 0 Å². The van der Waals surface area contributed by atoms with Crippen LogP contribution in [0.15, 0.2) is 22.8 Å². The number of nitrogens with zero attached hydrogens (tertiary/aromatic N) is 2. The second-order valence-corrected chi connectivity index (χ2v) is 1.58. The standard InChI is InChI=1S/C6H4N2O2/c7-8-5(4-9)6-2-1-3-10-6/h1-4H. The van der Waals surface area contributed by atoms with Crippen molar-refractivity contribution >= 4 is 12.0 Å². The summed E-state index contributed by atoms with van der Waals surface area (Å²) in [6, 6.07) is 3.13. The minimum atomic E-state index is -0.106. The van der Waals surface area contributed by atoms with E-state index in [1.54, 1.807) is 6.07 Å². The third kappa shape index (κ3) is 1.01. The molecule has 0 saturated carbocycles. The molecular weight excluding hydrogens is 132 g/mol. The third-order valence-corrected chi connectivity index (χ3v) is 0.993. The first kappa shape index (κ1) is 6.45. The maximum Gasteiger partial charge on any atom is 0.396 e. The lowest BCUT2D eigenvalue weighted by Crippen LogP contribution is -2.00. The van der Waals surface area contributed by atoms with E-state index in [2.05, 4.69) is 4.79 Å². The Bertz CT molecular complexity index is 270. The Morgan fingerprint density at radius 3 is 3.00 bits per heavy atom. The molecule has 4 nitrogen and oxygen atoms in total. The molecule has 0 bridgehead atoms. The Morgan fingerprint density at radius 2 is 2.60 bits per heavy atom. The van der Waals surface area contributed by atoms with Crippen LogP contribution in [0.4, 0.5) is 0 Å². The van der Waals surface area contributed by atoms with Gasteiger partial charge in [0.05, 0.1) is 6.26 Å². The van der Waals surface area contributed by atoms with Crippen molar-refractivity contribution in [2.45, 2.75) is 0 Å². The molecule has 1 rings (SSSR count). The van der Waals surface area contributed by atoms with E-state index in [1.165, 1.54) is 12.3 Å². The first-order valence-electron chi connectivity index (χ1n) is 2.59. The molecular formula is C6H4N2O2. The summed E-state index contributed by atoms with van der Waals surface area (Å²) >= 11 is 0. The first-order valence-corrected chi connectivity index (χ1v) is 2.59. The zero-order valence-corrected chi connectivity index (χ0v) is 5.02. The molecule has 0 N–H and O–H groups in total. The number of rotatable bonds is 2. The van der Waals surface area contributed by atoms with Gasteiger partial charge in [0.15, 0.2) is 0 Å². The first-order chi connectivity index (χ1) is 4.88. The lowest BCUT2D eigenvalue weighted by molar-refractivity contribution is -0.106. The van der Waals surface area contributed by atoms with E-state index >= 15 is 0 Å². The molecule has 1 heterocycles. The van der Waals surface area contributed by atoms with E-state index in [9.17, 15) is 4.79 Å². The van der Waals surface area contributed by atoms with Crippen molar-refractivity contribution in [2.24, 2.45) is 0 Å². The minimum absolute atomic E-state index is 0.106. The molecule has 10 heavy (non-hydrogen) atoms. The quantitative estimate of drug-likeness (QED) is 0.257. The number of aldehydes is 1. The molecule has 0 aliphatic heterocycles. The van der Waals surface area contributed by atoms with E-state index in [4.69, 9.17) is 9.95 Å². The van der Waals surface area contributed by atoms with Gasteiger partial charge in [0.1, 0.15) is 0 Å². The smallest absolute Gasteiger partial charge is 0.396 e. The van der Waals surface area contributed by atoms with Crippen molar-refractivity contribution in [3.8, 4) is 0 Å². The van der Waals surface area contributed by atoms with Crippen molar-refractivity contribution in [3.63, 3.8) is 0 Å². The topological polar surface area (TPSA) is 66.6 Å². The Morgan fingerprint density at radius 1 is 1.80 bits per heavy atom. The highest BCUT2D eigenvalue weighted by Crippen LogP contribution is 1.97. The van der Waals surface area contributed by atoms with Crippen LogP contribution in [-0.2, 0) is 4.79 Å². The number of hydrogen-bond donors (Lipinski definition) is 0. The maximum absolute atomic E-state index is 10.1. The van der Waals surface area contributed by atoms with Gasteiger partial charge in [-0.2, -0.15) is 4.79 Å². The lowest BCUT2D eigenvalue weighted by Gasteiger charge is -1.75. The predicted molar refractivity (Wildman–Crippen MR) is 32.5 cm³/mol. The lowest BCUT2D eigenvalue weighted by atomic mass is 10.3. The van der Waals surface area contributed by atoms with Crippen molar-refractivity contribution in [2.75, 3.05) is 0 Å². The fourth-order valence-electron chi connectivity index (χ4n) is 0.555. The fraction of sp³-hybridized carbons (Fsp3) is 0. The largest absolute Gasteiger partial charge is 0.457 e. The van der Waals surface area contributed by atoms with Gasteiger partial charge in [0.2, 0.25) is 12.0 Å². The van der Waals surface area contributed by atoms with Gasteiger partial charge in [-0.3, -0.25) is 4.79 Å². The molecule has 1 aromatic rings. The Labute approximate surface area is 56.7 Å². The molecule has 0 aliphatic carbocycles. The Balaban J connectivity index is 3.07. The Hall–Kier alpha value is -1.67. The van der Waals surface area contributed by atoms with Crippen molar-refractivity contribution in [3.05, 3.63) is 29.7 Å². The maximum atomic E-state index is 10.1. The van der Waals surface area contributed by atoms with Gasteiger partial charge < -0.3 is 9.95 Å². The summed E-state index contributed by atoms with van der Waals surface area (Å²) in [4.78, 5) is 12.8. The average Bonchev–Trinajstić information content (AvgIpc) is 2.43. The van der Waals surface area contributed by atoms with E-state index in [0.29, 0.717) is 6.29 Å². The fourth-order valence-corrected chi connectivity index (χ4v) is 0.555. The third-order valence-electron chi connectivity index (χ3n) is 0.993. The number of hydrogen-bond acceptors (Lipinski definition) is 2. The molecule has 0 radical (unpaired) electrons. The molecule has 0 unspecified atom stereocenters. The van der Waals surface area contributed by atoms with Crippen LogP contribution < -0.4 is 0 Å². The van der Waals surface area contributed by atoms with Gasteiger partial charge in [-0.05, 0) is 12.1 Å². The SMILES string of the molecule is [N-]=[N+]=C(C=O)c1ccco1. The second kappa shape index (κ2) is 2.75. The van der Waals surface area contributed by atoms with E-state index < -0.39 is 0 Å². The van der Waals surface area contributed by atoms with Gasteiger partial charge in [0, 0.05) is 0 Å². The molecule has 50 valence electrons. The summed E-state index contributed by atoms with van der Waals surface area (Å²) in [5.74, 6) is 0.262. The van der Waals surface area contributed by atoms with Gasteiger partial charge in [-0.25, -0.2) is 0 Å². The summed E-state index contributed by atoms with van der Waals surface area (Å²) in [7, 11) is 0. The summed E-state index contributed by atoms with van der Waals surface area (Å²) in [5, 5.41) is 0. The molecule has 4 heteroatoms. The zero-order chi connectivity index (χ0) is 7.40. The van der Waals surface area contributed by atoms with E-state index in [1.807, 2.05) is 0 Å². The molecule has 0 aliphatic rings. The summed E-state index contributed by atoms with van der Waals surface area (Å²) in [6.07, 6.45) is 1.81. The monoisotopic (exact) mass is 136 g/mol. The van der Waals surface area contributed by atoms with Crippen LogP contribution in [-0.4, -0.2) is 16.8 Å². The van der Waals surface area contributed by atoms with E-state index in [0.717, 1.165) is 0 Å². The molecule has 0 amide bonds. The molecule has 0 atom stereocenters. The predicted octanol–water partition coefficient (Wildman–Crippen LogP) is 0.497. The van der Waals surface area contributed by atoms with Gasteiger partial charge >= 0.3 is 5.71 Å². The van der Waals surface area contributed by atoms with Gasteiger partial charge in [-0.1, -0.05) is 0 Å². The summed E-state index contributed by atoms with van der Waals surface area (Å²) in [6.45, 7) is 0. The molecule has 0 spiro atoms. The highest BCUT2D eigenvalue weighted by Gasteiger charge is 2.11. The van der Waals surface area contributed by atoms with Crippen molar-refractivity contribution < 1.29 is 14.0 Å². The summed E-state index contributed by atoms with van der Waals surface area (Å²) in [5.41, 5.74) is 8.09. The number of furan rings is 1. The van der Waals surface area contributed by atoms with E-state index in [-0.39, 0.29) is 11.5 Å². The van der Waals surface area contributed by atoms with Gasteiger partial charge in [-0.15, -0.1) is 0 Å². The van der Waals surface area contributed by atoms with Crippen LogP contribution in [0.3, 0.4) is 0 Å². The highest BCUT2D eigenvalue weighted by atomic mass is 16.3. The van der Waals surface area contributed by atoms with Crippen LogP contribution in [0.25, 0.3) is 5.53 Å². The minimum Gasteiger partial charge on any atom is -0.457 e. The number of carbonyl (C=O) groups is 1. The summed E-state index contributed by atoms with van der Waals surface area (Å²) < 4.78 is 4.76. The second-order valence-electron chi connectivity index (χ2n) is 1.58.